The van der Waals surface area contributed by atoms with Crippen LogP contribution in [-0.4, -0.2) is 233 Å². The van der Waals surface area contributed by atoms with Gasteiger partial charge in [0.25, 0.3) is 0 Å². The molecule has 0 saturated carbocycles. The Balaban J connectivity index is 1.75. The number of carbonyl (C=O) groups excluding carboxylic acids is 9. The van der Waals surface area contributed by atoms with Crippen LogP contribution in [-0.2, 0) is 57.5 Å². The number of nitrogens with two attached hydrogens (primary N) is 2. The minimum absolute atomic E-state index is 0.00894. The number of carboxylic acids is 2. The number of ether oxygens (including phenoxy) is 1. The van der Waals surface area contributed by atoms with Gasteiger partial charge >= 0.3 is 17.9 Å². The third-order valence-corrected chi connectivity index (χ3v) is 15.3. The zero-order valence-corrected chi connectivity index (χ0v) is 47.5. The molecule has 0 aromatic rings. The van der Waals surface area contributed by atoms with Gasteiger partial charge in [-0.1, -0.05) is 71.6 Å². The van der Waals surface area contributed by atoms with E-state index in [1.165, 1.54) is 11.8 Å². The van der Waals surface area contributed by atoms with E-state index in [1.54, 1.807) is 0 Å². The van der Waals surface area contributed by atoms with Crippen molar-refractivity contribution >= 4 is 71.1 Å². The second kappa shape index (κ2) is 33.5. The Labute approximate surface area is 481 Å². The summed E-state index contributed by atoms with van der Waals surface area (Å²) in [6, 6.07) is -14.9. The van der Waals surface area contributed by atoms with Crippen molar-refractivity contribution in [3.05, 3.63) is 0 Å². The normalized spacial score (nSPS) is 27.8. The number of carbonyl (C=O) groups is 11. The smallest absolute Gasteiger partial charge is 0.335 e. The van der Waals surface area contributed by atoms with E-state index in [2.05, 4.69) is 34.8 Å². The number of hydrogen-bond donors (Lipinski definition) is 14. The first-order chi connectivity index (χ1) is 39.3. The summed E-state index contributed by atoms with van der Waals surface area (Å²) < 4.78 is 5.68. The van der Waals surface area contributed by atoms with Crippen molar-refractivity contribution in [2.45, 2.75) is 222 Å². The van der Waals surface area contributed by atoms with Crippen LogP contribution in [0.1, 0.15) is 143 Å². The summed E-state index contributed by atoms with van der Waals surface area (Å²) in [4.78, 5) is 159. The Morgan fingerprint density at radius 3 is 1.73 bits per heavy atom. The molecule has 0 spiro atoms. The lowest BCUT2D eigenvalue weighted by Crippen LogP contribution is -2.64. The predicted octanol–water partition coefficient (Wildman–Crippen LogP) is -4.07. The van der Waals surface area contributed by atoms with Gasteiger partial charge < -0.3 is 93.2 Å². The van der Waals surface area contributed by atoms with Gasteiger partial charge in [0.05, 0.1) is 25.2 Å². The molecule has 0 aromatic heterocycles. The highest BCUT2D eigenvalue weighted by atomic mass is 16.5. The standard InChI is InChI=1S/C53H87N11O19/c1-28(2)16-11-9-7-5-4-6-8-10-12-17-30-26-36(68)59-37(29(3)66)49(77)63-24-15-20-34(63)48(76)62-23-14-19-33(62)44(72)57-31(18-13-22-56-53(54)55)43(71)60-38(41(69)50(78)79)45(73)58-32(27-65)47(75)64-25-21-35(67)40(64)46(74)61-39(52(82)83-30)42(70)51(80)81/h28-35,37-42,65-67,69-70H,4-27H2,1-3H3,(H,57,72)(H,58,73)(H,59,68)(H,60,71)(H,61,74)(H,78,79)(H,80,81)(H4,54,55,56)/t29-,30?,31+,32?,33+,34-,35+,37-,38-,39+,40+,41-,42?/m1/s1. The molecule has 16 N–H and O–H groups in total. The number of fused-ring (bicyclic) bond motifs is 3. The maximum absolute atomic E-state index is 14.5. The number of amides is 8. The molecule has 83 heavy (non-hydrogen) atoms. The van der Waals surface area contributed by atoms with E-state index in [0.717, 1.165) is 56.3 Å². The van der Waals surface area contributed by atoms with Crippen molar-refractivity contribution < 1.29 is 93.2 Å². The number of hydrogen-bond acceptors (Lipinski definition) is 18. The Bertz CT molecular complexity index is 2300. The number of carboxylic acid groups (broad SMARTS) is 2. The zero-order chi connectivity index (χ0) is 61.7. The molecule has 0 bridgehead atoms. The molecule has 4 rings (SSSR count). The van der Waals surface area contributed by atoms with Crippen molar-refractivity contribution in [3.8, 4) is 0 Å². The Morgan fingerprint density at radius 2 is 1.16 bits per heavy atom. The number of esters is 1. The average molecular weight is 1180 g/mol. The number of aliphatic hydroxyl groups excluding tert-OH is 5. The van der Waals surface area contributed by atoms with Gasteiger partial charge in [0.2, 0.25) is 47.3 Å². The van der Waals surface area contributed by atoms with Crippen molar-refractivity contribution in [2.75, 3.05) is 32.8 Å². The molecular weight excluding hydrogens is 1090 g/mol. The van der Waals surface area contributed by atoms with Crippen molar-refractivity contribution in [2.24, 2.45) is 22.4 Å². The van der Waals surface area contributed by atoms with Crippen LogP contribution in [0.3, 0.4) is 0 Å². The molecule has 30 heteroatoms. The maximum atomic E-state index is 14.5. The quantitative estimate of drug-likeness (QED) is 0.0212. The molecule has 0 radical (unpaired) electrons. The van der Waals surface area contributed by atoms with Crippen LogP contribution >= 0.6 is 0 Å². The fraction of sp³-hybridized carbons (Fsp3) is 0.774. The van der Waals surface area contributed by atoms with E-state index in [4.69, 9.17) is 16.2 Å². The molecule has 468 valence electrons. The highest BCUT2D eigenvalue weighted by molar-refractivity contribution is 6.00. The van der Waals surface area contributed by atoms with Gasteiger partial charge in [-0.15, -0.1) is 0 Å². The number of aliphatic imine (C=N–C) groups is 1. The van der Waals surface area contributed by atoms with Gasteiger partial charge in [-0.2, -0.15) is 0 Å². The fourth-order valence-corrected chi connectivity index (χ4v) is 10.7. The van der Waals surface area contributed by atoms with Gasteiger partial charge in [-0.25, -0.2) is 14.4 Å². The van der Waals surface area contributed by atoms with Gasteiger partial charge in [0.1, 0.15) is 48.4 Å². The van der Waals surface area contributed by atoms with E-state index in [9.17, 15) is 88.5 Å². The second-order valence-corrected chi connectivity index (χ2v) is 22.2. The number of aliphatic carboxylic acids is 2. The van der Waals surface area contributed by atoms with Gasteiger partial charge in [0, 0.05) is 26.2 Å². The summed E-state index contributed by atoms with van der Waals surface area (Å²) in [7, 11) is 0. The van der Waals surface area contributed by atoms with Crippen LogP contribution in [0.4, 0.5) is 0 Å². The number of aliphatic hydroxyl groups is 5. The Morgan fingerprint density at radius 1 is 0.602 bits per heavy atom. The average Bonchev–Trinajstić information content (AvgIpc) is 4.38. The molecule has 4 aliphatic rings. The third kappa shape index (κ3) is 20.2. The first-order valence-electron chi connectivity index (χ1n) is 28.8. The number of cyclic esters (lactones) is 1. The minimum Gasteiger partial charge on any atom is -0.479 e. The van der Waals surface area contributed by atoms with Crippen LogP contribution < -0.4 is 38.1 Å². The molecule has 4 fully saturated rings. The van der Waals surface area contributed by atoms with Crippen molar-refractivity contribution in [3.63, 3.8) is 0 Å². The van der Waals surface area contributed by atoms with Crippen LogP contribution in [0.25, 0.3) is 0 Å². The topological polar surface area (TPSA) is 473 Å². The number of nitrogens with zero attached hydrogens (tertiary/aromatic N) is 4. The molecule has 8 amide bonds. The van der Waals surface area contributed by atoms with Gasteiger partial charge in [-0.3, -0.25) is 43.3 Å². The van der Waals surface area contributed by atoms with Crippen LogP contribution in [0.15, 0.2) is 4.99 Å². The largest absolute Gasteiger partial charge is 0.479 e. The molecule has 0 aliphatic carbocycles. The summed E-state index contributed by atoms with van der Waals surface area (Å²) in [5.74, 6) is -14.4. The number of rotatable bonds is 22. The lowest BCUT2D eigenvalue weighted by Gasteiger charge is -2.34. The van der Waals surface area contributed by atoms with E-state index >= 15 is 0 Å². The number of guanidine groups is 1. The van der Waals surface area contributed by atoms with E-state index in [0.29, 0.717) is 23.7 Å². The lowest BCUT2D eigenvalue weighted by atomic mass is 10.0. The molecule has 13 atom stereocenters. The highest BCUT2D eigenvalue weighted by Gasteiger charge is 2.48. The van der Waals surface area contributed by atoms with Gasteiger partial charge in [-0.05, 0) is 70.6 Å². The Kier molecular flexibility index (Phi) is 27.8. The minimum atomic E-state index is -2.76. The third-order valence-electron chi connectivity index (χ3n) is 15.3. The monoisotopic (exact) mass is 1180 g/mol. The summed E-state index contributed by atoms with van der Waals surface area (Å²) >= 11 is 0. The first kappa shape index (κ1) is 68.7. The van der Waals surface area contributed by atoms with Crippen molar-refractivity contribution in [1.29, 1.82) is 0 Å². The number of unbranched alkanes of at least 4 members (excludes halogenated alkanes) is 8. The molecular formula is C53H87N11O19. The highest BCUT2D eigenvalue weighted by Crippen LogP contribution is 2.27. The zero-order valence-electron chi connectivity index (χ0n) is 47.5. The SMILES string of the molecule is CC(C)CCCCCCCCCCCC1CC(=O)N[C@H]([C@@H](C)O)C(=O)N2CCC[C@@H]2C(=O)N2CCC[C@H]2C(=O)N[C@@H](CCCN=C(N)N)C(=O)N[C@H]([C@@H](O)C(=O)O)C(=O)NC(CO)C(=O)N2CC[C@H](O)[C@H]2C(=O)N[C@@H](C(O)C(=O)O)C(=O)O1. The second-order valence-electron chi connectivity index (χ2n) is 22.2. The van der Waals surface area contributed by atoms with Crippen molar-refractivity contribution in [1.82, 2.24) is 41.3 Å². The molecule has 4 aliphatic heterocycles. The van der Waals surface area contributed by atoms with Crippen LogP contribution in [0, 0.1) is 5.92 Å². The lowest BCUT2D eigenvalue weighted by molar-refractivity contribution is -0.165. The molecule has 3 unspecified atom stereocenters. The maximum Gasteiger partial charge on any atom is 0.335 e. The van der Waals surface area contributed by atoms with E-state index in [1.807, 2.05) is 10.6 Å². The van der Waals surface area contributed by atoms with Crippen LogP contribution in [0.5, 0.6) is 0 Å². The van der Waals surface area contributed by atoms with E-state index < -0.39 is 164 Å². The van der Waals surface area contributed by atoms with Gasteiger partial charge in [0.15, 0.2) is 24.2 Å². The molecule has 30 nitrogen and oxygen atoms in total. The molecule has 0 aromatic carbocycles. The molecule has 4 heterocycles. The number of nitrogens with one attached hydrogen (secondary N) is 5. The first-order valence-corrected chi connectivity index (χ1v) is 28.8. The van der Waals surface area contributed by atoms with E-state index in [-0.39, 0.29) is 77.0 Å². The Hall–Kier alpha value is -6.76. The molecule has 4 saturated heterocycles. The summed E-state index contributed by atoms with van der Waals surface area (Å²) in [5.41, 5.74) is 10.9. The summed E-state index contributed by atoms with van der Waals surface area (Å²) in [6.07, 6.45) is -1.90. The predicted molar refractivity (Wildman–Crippen MR) is 291 cm³/mol. The summed E-state index contributed by atoms with van der Waals surface area (Å²) in [6.45, 7) is 3.67. The van der Waals surface area contributed by atoms with Crippen LogP contribution in [0.2, 0.25) is 0 Å². The summed E-state index contributed by atoms with van der Waals surface area (Å²) in [5, 5.41) is 85.0. The fourth-order valence-electron chi connectivity index (χ4n) is 10.7.